The zero-order valence-electron chi connectivity index (χ0n) is 9.38. The number of alkyl halides is 2. The van der Waals surface area contributed by atoms with E-state index < -0.39 is 26.3 Å². The number of halogens is 2. The molecule has 0 spiro atoms. The minimum Gasteiger partial charge on any atom is -0.461 e. The maximum Gasteiger partial charge on any atom is 0.341 e. The summed E-state index contributed by atoms with van der Waals surface area (Å²) in [5.74, 6) is -4.28. The smallest absolute Gasteiger partial charge is 0.341 e. The number of hydrogen-bond donors (Lipinski definition) is 0. The number of benzene rings is 1. The van der Waals surface area contributed by atoms with Crippen molar-refractivity contribution >= 4 is 15.6 Å². The molecular weight excluding hydrogens is 282 g/mol. The van der Waals surface area contributed by atoms with E-state index in [4.69, 9.17) is 9.47 Å². The molecule has 0 atom stereocenters. The summed E-state index contributed by atoms with van der Waals surface area (Å²) in [6, 6.07) is 4.39. The molecule has 0 saturated heterocycles. The van der Waals surface area contributed by atoms with Gasteiger partial charge in [-0.15, -0.1) is 0 Å². The first-order valence-corrected chi connectivity index (χ1v) is 6.59. The van der Waals surface area contributed by atoms with Crippen LogP contribution in [-0.2, 0) is 19.3 Å². The number of carbonyl (C=O) groups excluding carboxylic acids is 1. The van der Waals surface area contributed by atoms with Gasteiger partial charge in [-0.25, -0.2) is 8.42 Å². The van der Waals surface area contributed by atoms with Gasteiger partial charge in [0.15, 0.2) is 0 Å². The van der Waals surface area contributed by atoms with Gasteiger partial charge in [-0.05, 0) is 12.1 Å². The van der Waals surface area contributed by atoms with E-state index >= 15 is 0 Å². The van der Waals surface area contributed by atoms with Crippen LogP contribution in [0.15, 0.2) is 41.2 Å². The Morgan fingerprint density at radius 3 is 2.63 bits per heavy atom. The Labute approximate surface area is 107 Å². The lowest BCUT2D eigenvalue weighted by Crippen LogP contribution is -2.12. The Balaban J connectivity index is 2.37. The van der Waals surface area contributed by atoms with Crippen molar-refractivity contribution < 1.29 is 31.5 Å². The molecule has 0 radical (unpaired) electrons. The molecule has 102 valence electrons. The summed E-state index contributed by atoms with van der Waals surface area (Å²) < 4.78 is 56.9. The number of rotatable bonds is 4. The van der Waals surface area contributed by atoms with Crippen molar-refractivity contribution in [3.8, 4) is 0 Å². The number of ketones is 1. The van der Waals surface area contributed by atoms with Crippen LogP contribution in [0.4, 0.5) is 8.78 Å². The van der Waals surface area contributed by atoms with Gasteiger partial charge in [0.05, 0.1) is 4.90 Å². The predicted octanol–water partition coefficient (Wildman–Crippen LogP) is 1.71. The fourth-order valence-electron chi connectivity index (χ4n) is 1.42. The average Bonchev–Trinajstić information content (AvgIpc) is 2.91. The minimum absolute atomic E-state index is 0.0709. The Kier molecular flexibility index (Phi) is 3.52. The number of ether oxygens (including phenoxy) is 2. The van der Waals surface area contributed by atoms with E-state index in [2.05, 4.69) is 0 Å². The second-order valence-electron chi connectivity index (χ2n) is 3.57. The molecule has 1 heterocycles. The first-order chi connectivity index (χ1) is 8.93. The van der Waals surface area contributed by atoms with Crippen molar-refractivity contribution in [2.45, 2.75) is 10.7 Å². The van der Waals surface area contributed by atoms with Crippen molar-refractivity contribution in [2.24, 2.45) is 0 Å². The standard InChI is InChI=1S/C11H8F2O5S/c12-11(13)19(15,16)8-3-1-2-7(4-8)10(14)9-5-17-6-18-9/h1-5,11H,6H2. The topological polar surface area (TPSA) is 69.7 Å². The SMILES string of the molecule is O=C(C1=COCO1)c1cccc(S(=O)(=O)C(F)F)c1. The maximum atomic E-state index is 12.4. The molecule has 0 fully saturated rings. The van der Waals surface area contributed by atoms with Crippen molar-refractivity contribution in [3.63, 3.8) is 0 Å². The predicted molar refractivity (Wildman–Crippen MR) is 59.1 cm³/mol. The van der Waals surface area contributed by atoms with Gasteiger partial charge in [0.1, 0.15) is 6.26 Å². The van der Waals surface area contributed by atoms with Gasteiger partial charge in [0.2, 0.25) is 28.2 Å². The van der Waals surface area contributed by atoms with Gasteiger partial charge in [0, 0.05) is 5.56 Å². The quantitative estimate of drug-likeness (QED) is 0.790. The van der Waals surface area contributed by atoms with Gasteiger partial charge in [0.25, 0.3) is 0 Å². The number of hydrogen-bond acceptors (Lipinski definition) is 5. The third-order valence-electron chi connectivity index (χ3n) is 2.36. The summed E-state index contributed by atoms with van der Waals surface area (Å²) in [6.45, 7) is -0.115. The van der Waals surface area contributed by atoms with Crippen LogP contribution in [0, 0.1) is 0 Å². The van der Waals surface area contributed by atoms with Crippen LogP contribution in [0.2, 0.25) is 0 Å². The first kappa shape index (κ1) is 13.5. The van der Waals surface area contributed by atoms with Crippen molar-refractivity contribution in [1.29, 1.82) is 0 Å². The minimum atomic E-state index is -4.73. The van der Waals surface area contributed by atoms with Gasteiger partial charge in [-0.3, -0.25) is 4.79 Å². The molecule has 0 unspecified atom stereocenters. The molecule has 1 aromatic carbocycles. The number of sulfone groups is 1. The number of carbonyl (C=O) groups is 1. The molecule has 8 heteroatoms. The lowest BCUT2D eigenvalue weighted by Gasteiger charge is -2.05. The second-order valence-corrected chi connectivity index (χ2v) is 5.49. The number of Topliss-reactive ketones (excluding diaryl/α,β-unsaturated/α-hetero) is 1. The van der Waals surface area contributed by atoms with E-state index in [1.165, 1.54) is 12.1 Å². The molecule has 2 rings (SSSR count). The molecule has 0 aromatic heterocycles. The molecule has 5 nitrogen and oxygen atoms in total. The Morgan fingerprint density at radius 1 is 1.32 bits per heavy atom. The van der Waals surface area contributed by atoms with E-state index in [-0.39, 0.29) is 18.1 Å². The fourth-order valence-corrected chi connectivity index (χ4v) is 2.18. The van der Waals surface area contributed by atoms with Crippen molar-refractivity contribution in [2.75, 3.05) is 6.79 Å². The first-order valence-electron chi connectivity index (χ1n) is 5.04. The van der Waals surface area contributed by atoms with E-state index in [1.54, 1.807) is 0 Å². The molecule has 1 aromatic rings. The third kappa shape index (κ3) is 2.58. The highest BCUT2D eigenvalue weighted by atomic mass is 32.2. The largest absolute Gasteiger partial charge is 0.461 e. The average molecular weight is 290 g/mol. The Bertz CT molecular complexity index is 636. The highest BCUT2D eigenvalue weighted by Gasteiger charge is 2.28. The van der Waals surface area contributed by atoms with Crippen LogP contribution in [0.3, 0.4) is 0 Å². The molecule has 0 amide bonds. The lowest BCUT2D eigenvalue weighted by molar-refractivity contribution is 0.0684. The lowest BCUT2D eigenvalue weighted by atomic mass is 10.1. The van der Waals surface area contributed by atoms with E-state index in [0.717, 1.165) is 18.4 Å². The summed E-state index contributed by atoms with van der Waals surface area (Å²) >= 11 is 0. The highest BCUT2D eigenvalue weighted by molar-refractivity contribution is 7.91. The fraction of sp³-hybridized carbons (Fsp3) is 0.182. The van der Waals surface area contributed by atoms with Crippen molar-refractivity contribution in [3.05, 3.63) is 41.9 Å². The third-order valence-corrected chi connectivity index (χ3v) is 3.74. The van der Waals surface area contributed by atoms with Crippen LogP contribution < -0.4 is 0 Å². The molecule has 0 bridgehead atoms. The van der Waals surface area contributed by atoms with Crippen LogP contribution in [0.1, 0.15) is 10.4 Å². The maximum absolute atomic E-state index is 12.4. The summed E-state index contributed by atoms with van der Waals surface area (Å²) in [4.78, 5) is 11.2. The zero-order valence-corrected chi connectivity index (χ0v) is 10.2. The zero-order chi connectivity index (χ0) is 14.0. The Morgan fingerprint density at radius 2 is 2.05 bits per heavy atom. The van der Waals surface area contributed by atoms with Gasteiger partial charge in [-0.1, -0.05) is 12.1 Å². The molecule has 0 saturated carbocycles. The van der Waals surface area contributed by atoms with Crippen LogP contribution >= 0.6 is 0 Å². The molecule has 19 heavy (non-hydrogen) atoms. The number of allylic oxidation sites excluding steroid dienone is 1. The normalized spacial score (nSPS) is 14.8. The van der Waals surface area contributed by atoms with Gasteiger partial charge in [-0.2, -0.15) is 8.78 Å². The van der Waals surface area contributed by atoms with Gasteiger partial charge < -0.3 is 9.47 Å². The second kappa shape index (κ2) is 4.96. The summed E-state index contributed by atoms with van der Waals surface area (Å²) in [5.41, 5.74) is -0.0709. The molecule has 0 aliphatic carbocycles. The van der Waals surface area contributed by atoms with Crippen LogP contribution in [-0.4, -0.2) is 26.8 Å². The highest BCUT2D eigenvalue weighted by Crippen LogP contribution is 2.21. The van der Waals surface area contributed by atoms with Crippen molar-refractivity contribution in [1.82, 2.24) is 0 Å². The van der Waals surface area contributed by atoms with E-state index in [1.807, 2.05) is 0 Å². The summed E-state index contributed by atoms with van der Waals surface area (Å²) in [6.07, 6.45) is 1.08. The van der Waals surface area contributed by atoms with Crippen LogP contribution in [0.5, 0.6) is 0 Å². The molecule has 1 aliphatic rings. The Hall–Kier alpha value is -1.96. The van der Waals surface area contributed by atoms with E-state index in [9.17, 15) is 22.0 Å². The molecular formula is C11H8F2O5S. The monoisotopic (exact) mass is 290 g/mol. The molecule has 0 N–H and O–H groups in total. The summed E-state index contributed by atoms with van der Waals surface area (Å²) in [5, 5.41) is 0. The summed E-state index contributed by atoms with van der Waals surface area (Å²) in [7, 11) is -4.73. The molecule has 1 aliphatic heterocycles. The van der Waals surface area contributed by atoms with Gasteiger partial charge >= 0.3 is 5.76 Å². The van der Waals surface area contributed by atoms with E-state index in [0.29, 0.717) is 0 Å². The van der Waals surface area contributed by atoms with Crippen LogP contribution in [0.25, 0.3) is 0 Å².